The first-order chi connectivity index (χ1) is 13.5. The lowest BCUT2D eigenvalue weighted by Gasteiger charge is -2.37. The number of fused-ring (bicyclic) bond motifs is 1. The van der Waals surface area contributed by atoms with Crippen molar-refractivity contribution in [3.8, 4) is 10.6 Å². The van der Waals surface area contributed by atoms with Gasteiger partial charge in [0.1, 0.15) is 5.01 Å². The molecule has 2 fully saturated rings. The van der Waals surface area contributed by atoms with Crippen molar-refractivity contribution in [2.45, 2.75) is 45.4 Å². The lowest BCUT2D eigenvalue weighted by atomic mass is 9.77. The zero-order chi connectivity index (χ0) is 19.7. The molecule has 6 heteroatoms. The van der Waals surface area contributed by atoms with Crippen molar-refractivity contribution >= 4 is 17.2 Å². The van der Waals surface area contributed by atoms with Crippen molar-refractivity contribution in [1.29, 1.82) is 0 Å². The van der Waals surface area contributed by atoms with Crippen molar-refractivity contribution in [1.82, 2.24) is 15.2 Å². The number of nitrogens with zero attached hydrogens (tertiary/aromatic N) is 2. The molecule has 1 aliphatic carbocycles. The molecule has 1 N–H and O–H groups in total. The number of nitrogens with one attached hydrogen (secondary N) is 1. The molecule has 2 heterocycles. The molecule has 28 heavy (non-hydrogen) atoms. The molecule has 1 aliphatic heterocycles. The van der Waals surface area contributed by atoms with E-state index >= 15 is 0 Å². The molecule has 4 atom stereocenters. The molecule has 1 aromatic heterocycles. The highest BCUT2D eigenvalue weighted by molar-refractivity contribution is 7.15. The van der Waals surface area contributed by atoms with Crippen LogP contribution in [0.15, 0.2) is 30.5 Å². The van der Waals surface area contributed by atoms with Gasteiger partial charge in [-0.2, -0.15) is 0 Å². The Morgan fingerprint density at radius 2 is 2.04 bits per heavy atom. The lowest BCUT2D eigenvalue weighted by molar-refractivity contribution is -0.121. The van der Waals surface area contributed by atoms with E-state index in [9.17, 15) is 4.79 Å². The van der Waals surface area contributed by atoms with E-state index in [4.69, 9.17) is 4.74 Å². The second-order valence-electron chi connectivity index (χ2n) is 8.21. The van der Waals surface area contributed by atoms with Gasteiger partial charge in [0.25, 0.3) is 0 Å². The highest BCUT2D eigenvalue weighted by Gasteiger charge is 2.42. The van der Waals surface area contributed by atoms with Gasteiger partial charge in [0.2, 0.25) is 5.91 Å². The van der Waals surface area contributed by atoms with Crippen molar-refractivity contribution < 1.29 is 9.53 Å². The number of amides is 1. The lowest BCUT2D eigenvalue weighted by Crippen LogP contribution is -2.49. The van der Waals surface area contributed by atoms with Crippen LogP contribution in [-0.2, 0) is 16.1 Å². The van der Waals surface area contributed by atoms with E-state index in [1.54, 1.807) is 25.4 Å². The molecule has 0 unspecified atom stereocenters. The Balaban J connectivity index is 1.40. The van der Waals surface area contributed by atoms with Crippen molar-refractivity contribution in [2.75, 3.05) is 20.2 Å². The number of carbonyl (C=O) groups excluding carboxylic acids is 1. The van der Waals surface area contributed by atoms with E-state index in [-0.39, 0.29) is 18.1 Å². The van der Waals surface area contributed by atoms with Crippen molar-refractivity contribution in [3.63, 3.8) is 0 Å². The third-order valence-electron chi connectivity index (χ3n) is 6.19. The fraction of sp³-hybridized carbons (Fsp3) is 0.545. The largest absolute Gasteiger partial charge is 0.379 e. The van der Waals surface area contributed by atoms with Gasteiger partial charge in [-0.05, 0) is 37.2 Å². The third kappa shape index (κ3) is 4.14. The molecule has 2 aromatic rings. The predicted molar refractivity (Wildman–Crippen MR) is 112 cm³/mol. The van der Waals surface area contributed by atoms with Gasteiger partial charge in [0.05, 0.1) is 12.1 Å². The summed E-state index contributed by atoms with van der Waals surface area (Å²) in [4.78, 5) is 20.1. The smallest absolute Gasteiger partial charge is 0.217 e. The van der Waals surface area contributed by atoms with Crippen LogP contribution in [0.1, 0.15) is 30.2 Å². The average Bonchev–Trinajstić information content (AvgIpc) is 3.27. The Morgan fingerprint density at radius 3 is 2.75 bits per heavy atom. The molecule has 0 spiro atoms. The minimum atomic E-state index is 0.0359. The number of carbonyl (C=O) groups is 1. The number of hydrogen-bond donors (Lipinski definition) is 1. The van der Waals surface area contributed by atoms with Gasteiger partial charge in [-0.25, -0.2) is 4.98 Å². The summed E-state index contributed by atoms with van der Waals surface area (Å²) in [7, 11) is 1.76. The minimum Gasteiger partial charge on any atom is -0.379 e. The van der Waals surface area contributed by atoms with Gasteiger partial charge in [-0.1, -0.05) is 24.3 Å². The first-order valence-corrected chi connectivity index (χ1v) is 10.9. The number of aryl methyl sites for hydroxylation is 1. The maximum Gasteiger partial charge on any atom is 0.217 e. The molecule has 2 aliphatic rings. The summed E-state index contributed by atoms with van der Waals surface area (Å²) in [5.74, 6) is 1.32. The Kier molecular flexibility index (Phi) is 5.80. The number of ether oxygens (including phenoxy) is 1. The fourth-order valence-corrected chi connectivity index (χ4v) is 5.90. The maximum atomic E-state index is 11.5. The van der Waals surface area contributed by atoms with Gasteiger partial charge in [-0.3, -0.25) is 9.69 Å². The Hall–Kier alpha value is -1.76. The summed E-state index contributed by atoms with van der Waals surface area (Å²) >= 11 is 1.80. The number of methoxy groups -OCH3 is 1. The van der Waals surface area contributed by atoms with Gasteiger partial charge in [-0.15, -0.1) is 11.3 Å². The van der Waals surface area contributed by atoms with Gasteiger partial charge < -0.3 is 10.1 Å². The summed E-state index contributed by atoms with van der Waals surface area (Å²) in [5, 5.41) is 4.20. The van der Waals surface area contributed by atoms with Crippen molar-refractivity contribution in [2.24, 2.45) is 11.8 Å². The second kappa shape index (κ2) is 8.31. The van der Waals surface area contributed by atoms with E-state index in [1.165, 1.54) is 16.0 Å². The first-order valence-electron chi connectivity index (χ1n) is 10.1. The average molecular weight is 400 g/mol. The Bertz CT molecular complexity index is 837. The molecule has 1 saturated carbocycles. The molecule has 1 aromatic carbocycles. The molecular formula is C22H29N3O2S. The van der Waals surface area contributed by atoms with Crippen LogP contribution in [0.25, 0.3) is 10.6 Å². The number of aromatic nitrogens is 1. The SMILES string of the molecule is CO[C@@H]1C[C@H]2CN(Cc3cnc(-c4ccccc4C)s3)C[C@H]2C[C@H]1NC(C)=O. The van der Waals surface area contributed by atoms with Crippen LogP contribution in [-0.4, -0.2) is 48.1 Å². The number of likely N-dealkylation sites (tertiary alicyclic amines) is 1. The van der Waals surface area contributed by atoms with E-state index in [0.717, 1.165) is 37.5 Å². The molecule has 0 radical (unpaired) electrons. The van der Waals surface area contributed by atoms with Crippen LogP contribution < -0.4 is 5.32 Å². The Labute approximate surface area is 171 Å². The fourth-order valence-electron chi connectivity index (χ4n) is 4.85. The summed E-state index contributed by atoms with van der Waals surface area (Å²) in [5.41, 5.74) is 2.50. The van der Waals surface area contributed by atoms with Crippen LogP contribution in [0.2, 0.25) is 0 Å². The summed E-state index contributed by atoms with van der Waals surface area (Å²) < 4.78 is 5.69. The van der Waals surface area contributed by atoms with Gasteiger partial charge in [0, 0.05) is 50.3 Å². The summed E-state index contributed by atoms with van der Waals surface area (Å²) in [6, 6.07) is 8.57. The van der Waals surface area contributed by atoms with Gasteiger partial charge in [0.15, 0.2) is 0 Å². The maximum absolute atomic E-state index is 11.5. The van der Waals surface area contributed by atoms with Crippen LogP contribution in [0.4, 0.5) is 0 Å². The predicted octanol–water partition coefficient (Wildman–Crippen LogP) is 3.48. The normalized spacial score (nSPS) is 27.5. The number of thiazole rings is 1. The number of benzene rings is 1. The van der Waals surface area contributed by atoms with E-state index in [0.29, 0.717) is 11.8 Å². The van der Waals surface area contributed by atoms with Crippen LogP contribution in [0, 0.1) is 18.8 Å². The summed E-state index contributed by atoms with van der Waals surface area (Å²) in [6.07, 6.45) is 4.20. The third-order valence-corrected chi connectivity index (χ3v) is 7.21. The highest BCUT2D eigenvalue weighted by Crippen LogP contribution is 2.38. The molecule has 1 amide bonds. The highest BCUT2D eigenvalue weighted by atomic mass is 32.1. The Morgan fingerprint density at radius 1 is 1.29 bits per heavy atom. The molecule has 0 bridgehead atoms. The molecular weight excluding hydrogens is 370 g/mol. The van der Waals surface area contributed by atoms with E-state index < -0.39 is 0 Å². The number of hydrogen-bond acceptors (Lipinski definition) is 5. The van der Waals surface area contributed by atoms with E-state index in [1.807, 2.05) is 6.20 Å². The molecule has 4 rings (SSSR count). The topological polar surface area (TPSA) is 54.5 Å². The van der Waals surface area contributed by atoms with Crippen LogP contribution in [0.5, 0.6) is 0 Å². The van der Waals surface area contributed by atoms with Crippen LogP contribution in [0.3, 0.4) is 0 Å². The standard InChI is InChI=1S/C22H29N3O2S/c1-14-6-4-5-7-19(14)22-23-10-18(28-22)13-25-11-16-8-20(24-15(2)26)21(27-3)9-17(16)12-25/h4-7,10,16-17,20-21H,8-9,11-13H2,1-3H3,(H,24,26)/t16-,17+,20-,21-/m1/s1. The zero-order valence-electron chi connectivity index (χ0n) is 16.9. The minimum absolute atomic E-state index is 0.0359. The molecule has 1 saturated heterocycles. The van der Waals surface area contributed by atoms with Crippen LogP contribution >= 0.6 is 11.3 Å². The van der Waals surface area contributed by atoms with Crippen molar-refractivity contribution in [3.05, 3.63) is 40.9 Å². The summed E-state index contributed by atoms with van der Waals surface area (Å²) in [6.45, 7) is 6.89. The van der Waals surface area contributed by atoms with Gasteiger partial charge >= 0.3 is 0 Å². The quantitative estimate of drug-likeness (QED) is 0.836. The zero-order valence-corrected chi connectivity index (χ0v) is 17.7. The molecule has 5 nitrogen and oxygen atoms in total. The van der Waals surface area contributed by atoms with E-state index in [2.05, 4.69) is 46.4 Å². The first kappa shape index (κ1) is 19.6. The monoisotopic (exact) mass is 399 g/mol. The molecule has 150 valence electrons. The number of rotatable bonds is 5. The second-order valence-corrected chi connectivity index (χ2v) is 9.33.